The van der Waals surface area contributed by atoms with E-state index in [1.807, 2.05) is 79.7 Å². The molecule has 1 aromatic heterocycles. The highest BCUT2D eigenvalue weighted by molar-refractivity contribution is 6.01. The second kappa shape index (κ2) is 11.2. The Kier molecular flexibility index (Phi) is 7.41. The molecule has 0 unspecified atom stereocenters. The summed E-state index contributed by atoms with van der Waals surface area (Å²) in [6.45, 7) is 4.14. The summed E-state index contributed by atoms with van der Waals surface area (Å²) in [5.41, 5.74) is 6.82. The van der Waals surface area contributed by atoms with E-state index in [2.05, 4.69) is 28.2 Å². The highest BCUT2D eigenvalue weighted by Gasteiger charge is 2.17. The van der Waals surface area contributed by atoms with Gasteiger partial charge in [0.25, 0.3) is 0 Å². The SMILES string of the molecule is CCCCc1nc2ccc(NC(=O)Nc3ccccc3)cc2n1-c1ccc(-c2ccccc2C(=O)O)c(C)c1. The van der Waals surface area contributed by atoms with Crippen molar-refractivity contribution >= 4 is 34.4 Å². The third kappa shape index (κ3) is 5.52. The van der Waals surface area contributed by atoms with Crippen LogP contribution in [0.3, 0.4) is 0 Å². The van der Waals surface area contributed by atoms with Gasteiger partial charge in [0.05, 0.1) is 16.6 Å². The van der Waals surface area contributed by atoms with Crippen molar-refractivity contribution in [3.8, 4) is 16.8 Å². The molecule has 0 spiro atoms. The van der Waals surface area contributed by atoms with Gasteiger partial charge in [-0.05, 0) is 78.6 Å². The van der Waals surface area contributed by atoms with Crippen molar-refractivity contribution in [2.45, 2.75) is 33.1 Å². The molecule has 7 nitrogen and oxygen atoms in total. The minimum atomic E-state index is -0.951. The Morgan fingerprint density at radius 1 is 0.846 bits per heavy atom. The first-order chi connectivity index (χ1) is 18.9. The molecule has 0 saturated carbocycles. The quantitative estimate of drug-likeness (QED) is 0.196. The van der Waals surface area contributed by atoms with Crippen LogP contribution in [0.5, 0.6) is 0 Å². The number of amides is 2. The number of nitrogens with zero attached hydrogens (tertiary/aromatic N) is 2. The first-order valence-corrected chi connectivity index (χ1v) is 13.0. The van der Waals surface area contributed by atoms with Gasteiger partial charge in [-0.1, -0.05) is 55.8 Å². The number of fused-ring (bicyclic) bond motifs is 1. The van der Waals surface area contributed by atoms with Crippen LogP contribution in [0, 0.1) is 6.92 Å². The van der Waals surface area contributed by atoms with Crippen LogP contribution >= 0.6 is 0 Å². The zero-order chi connectivity index (χ0) is 27.4. The van der Waals surface area contributed by atoms with Crippen molar-refractivity contribution in [2.75, 3.05) is 10.6 Å². The topological polar surface area (TPSA) is 96.3 Å². The lowest BCUT2D eigenvalue weighted by Crippen LogP contribution is -2.19. The number of carbonyl (C=O) groups is 2. The molecular weight excluding hydrogens is 488 g/mol. The third-order valence-corrected chi connectivity index (χ3v) is 6.68. The molecule has 7 heteroatoms. The Balaban J connectivity index is 1.53. The summed E-state index contributed by atoms with van der Waals surface area (Å²) in [4.78, 5) is 29.4. The number of carbonyl (C=O) groups excluding carboxylic acids is 1. The number of aryl methyl sites for hydroxylation is 2. The van der Waals surface area contributed by atoms with Gasteiger partial charge in [0, 0.05) is 23.5 Å². The molecule has 0 fully saturated rings. The van der Waals surface area contributed by atoms with Crippen molar-refractivity contribution in [2.24, 2.45) is 0 Å². The number of aromatic carboxylic acids is 1. The number of benzene rings is 4. The van der Waals surface area contributed by atoms with Crippen LogP contribution in [0.25, 0.3) is 27.8 Å². The van der Waals surface area contributed by atoms with Crippen LogP contribution in [0.4, 0.5) is 16.2 Å². The van der Waals surface area contributed by atoms with Gasteiger partial charge in [-0.3, -0.25) is 4.57 Å². The van der Waals surface area contributed by atoms with Gasteiger partial charge >= 0.3 is 12.0 Å². The van der Waals surface area contributed by atoms with Crippen molar-refractivity contribution in [3.63, 3.8) is 0 Å². The number of unbranched alkanes of at least 4 members (excludes halogenated alkanes) is 1. The molecule has 196 valence electrons. The minimum Gasteiger partial charge on any atom is -0.478 e. The number of aromatic nitrogens is 2. The molecule has 39 heavy (non-hydrogen) atoms. The predicted molar refractivity (Wildman–Crippen MR) is 156 cm³/mol. The normalized spacial score (nSPS) is 10.9. The largest absolute Gasteiger partial charge is 0.478 e. The Morgan fingerprint density at radius 3 is 2.33 bits per heavy atom. The van der Waals surface area contributed by atoms with E-state index in [4.69, 9.17) is 4.98 Å². The van der Waals surface area contributed by atoms with Gasteiger partial charge < -0.3 is 15.7 Å². The van der Waals surface area contributed by atoms with Crippen molar-refractivity contribution in [3.05, 3.63) is 108 Å². The monoisotopic (exact) mass is 518 g/mol. The first kappa shape index (κ1) is 25.7. The first-order valence-electron chi connectivity index (χ1n) is 13.0. The van der Waals surface area contributed by atoms with E-state index in [9.17, 15) is 14.7 Å². The van der Waals surface area contributed by atoms with Crippen LogP contribution in [0.2, 0.25) is 0 Å². The molecule has 0 radical (unpaired) electrons. The molecule has 0 atom stereocenters. The molecule has 5 aromatic rings. The molecule has 0 bridgehead atoms. The molecule has 1 heterocycles. The van der Waals surface area contributed by atoms with Gasteiger partial charge in [-0.25, -0.2) is 14.6 Å². The summed E-state index contributed by atoms with van der Waals surface area (Å²) in [5, 5.41) is 15.5. The number of hydrogen-bond donors (Lipinski definition) is 3. The summed E-state index contributed by atoms with van der Waals surface area (Å²) in [6.07, 6.45) is 2.85. The van der Waals surface area contributed by atoms with E-state index >= 15 is 0 Å². The van der Waals surface area contributed by atoms with Crippen LogP contribution in [-0.2, 0) is 6.42 Å². The highest BCUT2D eigenvalue weighted by Crippen LogP contribution is 2.31. The average Bonchev–Trinajstić information content (AvgIpc) is 3.29. The molecule has 0 saturated heterocycles. The van der Waals surface area contributed by atoms with Crippen LogP contribution in [0.1, 0.15) is 41.5 Å². The summed E-state index contributed by atoms with van der Waals surface area (Å²) in [6, 6.07) is 27.8. The highest BCUT2D eigenvalue weighted by atomic mass is 16.4. The van der Waals surface area contributed by atoms with Crippen molar-refractivity contribution < 1.29 is 14.7 Å². The number of imidazole rings is 1. The molecule has 0 aliphatic rings. The molecule has 0 aliphatic heterocycles. The van der Waals surface area contributed by atoms with Gasteiger partial charge in [0.15, 0.2) is 0 Å². The molecule has 0 aliphatic carbocycles. The van der Waals surface area contributed by atoms with E-state index in [0.717, 1.165) is 52.9 Å². The maximum atomic E-state index is 12.6. The van der Waals surface area contributed by atoms with Gasteiger partial charge in [-0.15, -0.1) is 0 Å². The number of nitrogens with one attached hydrogen (secondary N) is 2. The molecule has 3 N–H and O–H groups in total. The summed E-state index contributed by atoms with van der Waals surface area (Å²) >= 11 is 0. The number of carboxylic acid groups (broad SMARTS) is 1. The van der Waals surface area contributed by atoms with Crippen LogP contribution in [0.15, 0.2) is 91.0 Å². The molecule has 5 rings (SSSR count). The summed E-state index contributed by atoms with van der Waals surface area (Å²) in [7, 11) is 0. The Hall–Kier alpha value is -4.91. The van der Waals surface area contributed by atoms with Gasteiger partial charge in [-0.2, -0.15) is 0 Å². The van der Waals surface area contributed by atoms with Gasteiger partial charge in [0.1, 0.15) is 5.82 Å². The van der Waals surface area contributed by atoms with E-state index < -0.39 is 5.97 Å². The number of rotatable bonds is 8. The Morgan fingerprint density at radius 2 is 1.59 bits per heavy atom. The number of urea groups is 1. The fourth-order valence-electron chi connectivity index (χ4n) is 4.80. The van der Waals surface area contributed by atoms with Crippen LogP contribution in [-0.4, -0.2) is 26.7 Å². The maximum Gasteiger partial charge on any atom is 0.336 e. The zero-order valence-electron chi connectivity index (χ0n) is 21.9. The van der Waals surface area contributed by atoms with Crippen molar-refractivity contribution in [1.82, 2.24) is 9.55 Å². The maximum absolute atomic E-state index is 12.6. The average molecular weight is 519 g/mol. The number of anilines is 2. The van der Waals surface area contributed by atoms with E-state index in [1.165, 1.54) is 0 Å². The molecule has 4 aromatic carbocycles. The standard InChI is InChI=1S/C32H30N4O3/c1-3-4-14-30-35-28-18-15-23(34-32(39)33-22-10-6-5-7-11-22)20-29(28)36(30)24-16-17-25(21(2)19-24)26-12-8-9-13-27(26)31(37)38/h5-13,15-20H,3-4,14H2,1-2H3,(H,37,38)(H2,33,34,39). The second-order valence-corrected chi connectivity index (χ2v) is 9.47. The second-order valence-electron chi connectivity index (χ2n) is 9.47. The van der Waals surface area contributed by atoms with Gasteiger partial charge in [0.2, 0.25) is 0 Å². The number of hydrogen-bond acceptors (Lipinski definition) is 3. The fraction of sp³-hybridized carbons (Fsp3) is 0.156. The lowest BCUT2D eigenvalue weighted by atomic mass is 9.95. The number of para-hydroxylation sites is 1. The smallest absolute Gasteiger partial charge is 0.336 e. The third-order valence-electron chi connectivity index (χ3n) is 6.68. The summed E-state index contributed by atoms with van der Waals surface area (Å²) < 4.78 is 2.13. The minimum absolute atomic E-state index is 0.273. The van der Waals surface area contributed by atoms with Crippen molar-refractivity contribution in [1.29, 1.82) is 0 Å². The van der Waals surface area contributed by atoms with E-state index in [-0.39, 0.29) is 11.6 Å². The lowest BCUT2D eigenvalue weighted by Gasteiger charge is -2.14. The Labute approximate surface area is 227 Å². The van der Waals surface area contributed by atoms with Crippen LogP contribution < -0.4 is 10.6 Å². The summed E-state index contributed by atoms with van der Waals surface area (Å²) in [5.74, 6) is -0.0105. The number of carboxylic acids is 1. The fourth-order valence-corrected chi connectivity index (χ4v) is 4.80. The predicted octanol–water partition coefficient (Wildman–Crippen LogP) is 7.69. The molecular formula is C32H30N4O3. The van der Waals surface area contributed by atoms with E-state index in [0.29, 0.717) is 16.9 Å². The molecule has 2 amide bonds. The van der Waals surface area contributed by atoms with E-state index in [1.54, 1.807) is 12.1 Å². The lowest BCUT2D eigenvalue weighted by molar-refractivity contribution is 0.0697. The Bertz CT molecular complexity index is 1660. The zero-order valence-corrected chi connectivity index (χ0v) is 21.9.